The number of anilines is 2. The van der Waals surface area contributed by atoms with Gasteiger partial charge in [-0.05, 0) is 48.6 Å². The fraction of sp³-hybridized carbons (Fsp3) is 0.292. The van der Waals surface area contributed by atoms with Crippen molar-refractivity contribution in [1.82, 2.24) is 0 Å². The van der Waals surface area contributed by atoms with Crippen LogP contribution in [0.15, 0.2) is 60.7 Å². The minimum Gasteiger partial charge on any atom is -0.550 e. The van der Waals surface area contributed by atoms with Crippen LogP contribution in [-0.4, -0.2) is 17.8 Å². The molecule has 30 heavy (non-hydrogen) atoms. The molecule has 2 N–H and O–H groups in total. The maximum atomic E-state index is 12.8. The van der Waals surface area contributed by atoms with Crippen molar-refractivity contribution >= 4 is 29.2 Å². The van der Waals surface area contributed by atoms with E-state index >= 15 is 0 Å². The van der Waals surface area contributed by atoms with Crippen molar-refractivity contribution in [2.75, 3.05) is 10.6 Å². The molecule has 3 rings (SSSR count). The maximum absolute atomic E-state index is 12.8. The predicted molar refractivity (Wildman–Crippen MR) is 114 cm³/mol. The third kappa shape index (κ3) is 4.95. The van der Waals surface area contributed by atoms with Crippen LogP contribution in [0.3, 0.4) is 0 Å². The lowest BCUT2D eigenvalue weighted by Gasteiger charge is -2.28. The molecular formula is C24H25N2O4-. The summed E-state index contributed by atoms with van der Waals surface area (Å²) in [5.41, 5.74) is 2.46. The Kier molecular flexibility index (Phi) is 6.67. The molecule has 0 radical (unpaired) electrons. The van der Waals surface area contributed by atoms with Gasteiger partial charge in [0.05, 0.1) is 17.2 Å². The molecule has 0 saturated carbocycles. The van der Waals surface area contributed by atoms with Crippen LogP contribution in [0.4, 0.5) is 11.4 Å². The molecule has 2 aromatic carbocycles. The summed E-state index contributed by atoms with van der Waals surface area (Å²) in [6.07, 6.45) is 4.12. The van der Waals surface area contributed by atoms with Gasteiger partial charge < -0.3 is 20.5 Å². The standard InChI is InChI=1S/C24H26N2O4/c1-15(2)16-11-13-17(14-12-16)25-23(28)20-9-5-6-10-21(20)26-22(27)18-7-3-4-8-19(18)24(29)30/h3-6,9-15,18-19H,7-8H2,1-2H3,(H,25,28)(H,26,27)(H,29,30)/p-1. The van der Waals surface area contributed by atoms with Gasteiger partial charge in [-0.2, -0.15) is 0 Å². The van der Waals surface area contributed by atoms with Crippen molar-refractivity contribution in [1.29, 1.82) is 0 Å². The van der Waals surface area contributed by atoms with Gasteiger partial charge in [0.25, 0.3) is 5.91 Å². The highest BCUT2D eigenvalue weighted by atomic mass is 16.4. The molecule has 6 nitrogen and oxygen atoms in total. The van der Waals surface area contributed by atoms with Crippen LogP contribution in [-0.2, 0) is 9.59 Å². The van der Waals surface area contributed by atoms with Gasteiger partial charge in [-0.1, -0.05) is 50.3 Å². The van der Waals surface area contributed by atoms with Crippen LogP contribution in [0, 0.1) is 11.8 Å². The van der Waals surface area contributed by atoms with E-state index in [4.69, 9.17) is 0 Å². The van der Waals surface area contributed by atoms with E-state index in [1.54, 1.807) is 36.4 Å². The summed E-state index contributed by atoms with van der Waals surface area (Å²) in [6.45, 7) is 4.19. The van der Waals surface area contributed by atoms with Crippen LogP contribution in [0.1, 0.15) is 48.5 Å². The lowest BCUT2D eigenvalue weighted by Crippen LogP contribution is -2.41. The van der Waals surface area contributed by atoms with Crippen molar-refractivity contribution in [3.05, 3.63) is 71.8 Å². The summed E-state index contributed by atoms with van der Waals surface area (Å²) in [5.74, 6) is -3.26. The van der Waals surface area contributed by atoms with Crippen LogP contribution < -0.4 is 15.7 Å². The average Bonchev–Trinajstić information content (AvgIpc) is 2.74. The SMILES string of the molecule is CC(C)c1ccc(NC(=O)c2ccccc2NC(=O)C2CC=CCC2C(=O)[O-])cc1. The minimum atomic E-state index is -1.24. The highest BCUT2D eigenvalue weighted by molar-refractivity contribution is 6.10. The van der Waals surface area contributed by atoms with E-state index in [-0.39, 0.29) is 12.3 Å². The maximum Gasteiger partial charge on any atom is 0.257 e. The van der Waals surface area contributed by atoms with E-state index in [0.29, 0.717) is 29.3 Å². The van der Waals surface area contributed by atoms with Crippen molar-refractivity contribution in [3.8, 4) is 0 Å². The fourth-order valence-electron chi connectivity index (χ4n) is 3.53. The van der Waals surface area contributed by atoms with Gasteiger partial charge in [0, 0.05) is 17.6 Å². The zero-order valence-corrected chi connectivity index (χ0v) is 17.1. The molecule has 0 bridgehead atoms. The zero-order valence-electron chi connectivity index (χ0n) is 17.1. The number of carboxylic acids is 1. The molecule has 2 unspecified atom stereocenters. The number of carbonyl (C=O) groups is 3. The number of nitrogens with one attached hydrogen (secondary N) is 2. The molecule has 0 saturated heterocycles. The first-order valence-corrected chi connectivity index (χ1v) is 10.0. The number of carbonyl (C=O) groups excluding carboxylic acids is 3. The molecule has 2 atom stereocenters. The average molecular weight is 405 g/mol. The monoisotopic (exact) mass is 405 g/mol. The zero-order chi connectivity index (χ0) is 21.7. The molecule has 2 aromatic rings. The molecule has 156 valence electrons. The highest BCUT2D eigenvalue weighted by Crippen LogP contribution is 2.27. The summed E-state index contributed by atoms with van der Waals surface area (Å²) in [6, 6.07) is 14.3. The second-order valence-electron chi connectivity index (χ2n) is 7.74. The molecule has 0 spiro atoms. The summed E-state index contributed by atoms with van der Waals surface area (Å²) < 4.78 is 0. The van der Waals surface area contributed by atoms with E-state index < -0.39 is 23.7 Å². The summed E-state index contributed by atoms with van der Waals surface area (Å²) >= 11 is 0. The van der Waals surface area contributed by atoms with Crippen LogP contribution in [0.2, 0.25) is 0 Å². The van der Waals surface area contributed by atoms with Gasteiger partial charge in [-0.15, -0.1) is 0 Å². The van der Waals surface area contributed by atoms with Crippen molar-refractivity contribution < 1.29 is 19.5 Å². The molecular weight excluding hydrogens is 380 g/mol. The third-order valence-corrected chi connectivity index (χ3v) is 5.34. The van der Waals surface area contributed by atoms with E-state index in [2.05, 4.69) is 24.5 Å². The van der Waals surface area contributed by atoms with E-state index in [1.807, 2.05) is 24.3 Å². The number of para-hydroxylation sites is 1. The predicted octanol–water partition coefficient (Wildman–Crippen LogP) is 3.33. The van der Waals surface area contributed by atoms with Gasteiger partial charge >= 0.3 is 0 Å². The number of amides is 2. The third-order valence-electron chi connectivity index (χ3n) is 5.34. The Morgan fingerprint density at radius 2 is 1.53 bits per heavy atom. The Morgan fingerprint density at radius 1 is 0.900 bits per heavy atom. The largest absolute Gasteiger partial charge is 0.550 e. The van der Waals surface area contributed by atoms with E-state index in [1.165, 1.54) is 5.56 Å². The van der Waals surface area contributed by atoms with E-state index in [9.17, 15) is 19.5 Å². The Labute approximate surface area is 176 Å². The molecule has 2 amide bonds. The molecule has 0 aliphatic heterocycles. The first kappa shape index (κ1) is 21.3. The molecule has 0 fully saturated rings. The Hall–Kier alpha value is -3.41. The minimum absolute atomic E-state index is 0.259. The van der Waals surface area contributed by atoms with Crippen molar-refractivity contribution in [3.63, 3.8) is 0 Å². The number of rotatable bonds is 6. The van der Waals surface area contributed by atoms with Crippen LogP contribution in [0.25, 0.3) is 0 Å². The van der Waals surface area contributed by atoms with Gasteiger partial charge in [-0.25, -0.2) is 0 Å². The first-order chi connectivity index (χ1) is 14.4. The first-order valence-electron chi connectivity index (χ1n) is 10.0. The molecule has 0 heterocycles. The van der Waals surface area contributed by atoms with Crippen molar-refractivity contribution in [2.24, 2.45) is 11.8 Å². The smallest absolute Gasteiger partial charge is 0.257 e. The number of benzene rings is 2. The number of hydrogen-bond donors (Lipinski definition) is 2. The molecule has 1 aliphatic rings. The van der Waals surface area contributed by atoms with Gasteiger partial charge in [0.2, 0.25) is 5.91 Å². The molecule has 1 aliphatic carbocycles. The number of carboxylic acid groups (broad SMARTS) is 1. The van der Waals surface area contributed by atoms with Crippen LogP contribution >= 0.6 is 0 Å². The van der Waals surface area contributed by atoms with Gasteiger partial charge in [0.1, 0.15) is 0 Å². The second kappa shape index (κ2) is 9.39. The number of allylic oxidation sites excluding steroid dienone is 2. The van der Waals surface area contributed by atoms with Crippen LogP contribution in [0.5, 0.6) is 0 Å². The second-order valence-corrected chi connectivity index (χ2v) is 7.74. The number of hydrogen-bond acceptors (Lipinski definition) is 4. The lowest BCUT2D eigenvalue weighted by molar-refractivity contribution is -0.313. The normalized spacial score (nSPS) is 18.1. The van der Waals surface area contributed by atoms with Gasteiger partial charge in [-0.3, -0.25) is 9.59 Å². The molecule has 6 heteroatoms. The fourth-order valence-corrected chi connectivity index (χ4v) is 3.53. The summed E-state index contributed by atoms with van der Waals surface area (Å²) in [7, 11) is 0. The summed E-state index contributed by atoms with van der Waals surface area (Å²) in [4.78, 5) is 36.9. The summed E-state index contributed by atoms with van der Waals surface area (Å²) in [5, 5.41) is 16.9. The highest BCUT2D eigenvalue weighted by Gasteiger charge is 2.30. The quantitative estimate of drug-likeness (QED) is 0.720. The number of aliphatic carboxylic acids is 1. The van der Waals surface area contributed by atoms with Gasteiger partial charge in [0.15, 0.2) is 0 Å². The van der Waals surface area contributed by atoms with E-state index in [0.717, 1.165) is 0 Å². The topological polar surface area (TPSA) is 98.3 Å². The lowest BCUT2D eigenvalue weighted by atomic mass is 9.82. The van der Waals surface area contributed by atoms with Crippen molar-refractivity contribution in [2.45, 2.75) is 32.6 Å². The Morgan fingerprint density at radius 3 is 2.17 bits per heavy atom. The Balaban J connectivity index is 1.75. The Bertz CT molecular complexity index is 963. The molecule has 0 aromatic heterocycles.